The standard InChI is InChI=1S/C15H17FINO3/c1-2-5-15(14(20)21)6-7-18(9-15)13(19)11-4-3-10(16)8-12(11)17/h3-4,8H,2,5-7,9H2,1H3,(H,20,21). The van der Waals surface area contributed by atoms with Gasteiger partial charge < -0.3 is 10.0 Å². The van der Waals surface area contributed by atoms with E-state index in [1.807, 2.05) is 29.5 Å². The van der Waals surface area contributed by atoms with Crippen LogP contribution in [0.25, 0.3) is 0 Å². The molecule has 0 aromatic heterocycles. The third-order valence-corrected chi connectivity index (χ3v) is 4.88. The van der Waals surface area contributed by atoms with Gasteiger partial charge in [0.25, 0.3) is 5.91 Å². The second kappa shape index (κ2) is 6.29. The van der Waals surface area contributed by atoms with Gasteiger partial charge in [-0.1, -0.05) is 13.3 Å². The lowest BCUT2D eigenvalue weighted by molar-refractivity contribution is -0.148. The highest BCUT2D eigenvalue weighted by Crippen LogP contribution is 2.36. The number of benzene rings is 1. The van der Waals surface area contributed by atoms with Crippen LogP contribution in [0.1, 0.15) is 36.5 Å². The minimum absolute atomic E-state index is 0.223. The molecule has 21 heavy (non-hydrogen) atoms. The van der Waals surface area contributed by atoms with Crippen LogP contribution in [0, 0.1) is 14.8 Å². The molecule has 0 spiro atoms. The second-order valence-electron chi connectivity index (χ2n) is 5.44. The monoisotopic (exact) mass is 405 g/mol. The number of amides is 1. The fourth-order valence-electron chi connectivity index (χ4n) is 2.84. The Morgan fingerprint density at radius 2 is 2.19 bits per heavy atom. The SMILES string of the molecule is CCCC1(C(=O)O)CCN(C(=O)c2ccc(F)cc2I)C1. The first-order chi connectivity index (χ1) is 9.89. The van der Waals surface area contributed by atoms with E-state index in [0.29, 0.717) is 28.5 Å². The zero-order valence-electron chi connectivity index (χ0n) is 11.7. The van der Waals surface area contributed by atoms with Crippen LogP contribution in [0.2, 0.25) is 0 Å². The van der Waals surface area contributed by atoms with Crippen molar-refractivity contribution < 1.29 is 19.1 Å². The molecule has 1 amide bonds. The fourth-order valence-corrected chi connectivity index (χ4v) is 3.55. The van der Waals surface area contributed by atoms with Crippen molar-refractivity contribution in [2.45, 2.75) is 26.2 Å². The second-order valence-corrected chi connectivity index (χ2v) is 6.60. The predicted octanol–water partition coefficient (Wildman–Crippen LogP) is 3.15. The van der Waals surface area contributed by atoms with E-state index in [9.17, 15) is 19.1 Å². The first-order valence-corrected chi connectivity index (χ1v) is 7.95. The lowest BCUT2D eigenvalue weighted by Gasteiger charge is -2.24. The summed E-state index contributed by atoms with van der Waals surface area (Å²) in [6.45, 7) is 2.60. The molecule has 1 N–H and O–H groups in total. The summed E-state index contributed by atoms with van der Waals surface area (Å²) in [6, 6.07) is 4.02. The van der Waals surface area contributed by atoms with Crippen LogP contribution in [0.15, 0.2) is 18.2 Å². The molecule has 2 rings (SSSR count). The number of likely N-dealkylation sites (tertiary alicyclic amines) is 1. The minimum Gasteiger partial charge on any atom is -0.481 e. The number of carboxylic acids is 1. The number of carbonyl (C=O) groups is 2. The molecule has 6 heteroatoms. The summed E-state index contributed by atoms with van der Waals surface area (Å²) in [5.74, 6) is -1.45. The lowest BCUT2D eigenvalue weighted by atomic mass is 9.83. The van der Waals surface area contributed by atoms with Crippen LogP contribution in [0.3, 0.4) is 0 Å². The Kier molecular flexibility index (Phi) is 4.85. The summed E-state index contributed by atoms with van der Waals surface area (Å²) in [6.07, 6.45) is 1.80. The first-order valence-electron chi connectivity index (χ1n) is 6.87. The number of nitrogens with zero attached hydrogens (tertiary/aromatic N) is 1. The van der Waals surface area contributed by atoms with Crippen molar-refractivity contribution in [3.63, 3.8) is 0 Å². The minimum atomic E-state index is -0.839. The van der Waals surface area contributed by atoms with E-state index in [4.69, 9.17) is 0 Å². The van der Waals surface area contributed by atoms with Crippen LogP contribution >= 0.6 is 22.6 Å². The van der Waals surface area contributed by atoms with Crippen molar-refractivity contribution in [2.75, 3.05) is 13.1 Å². The normalized spacial score (nSPS) is 21.6. The summed E-state index contributed by atoms with van der Waals surface area (Å²) in [4.78, 5) is 25.6. The van der Waals surface area contributed by atoms with Crippen LogP contribution in [-0.2, 0) is 4.79 Å². The molecule has 1 aliphatic heterocycles. The summed E-state index contributed by atoms with van der Waals surface area (Å²) < 4.78 is 13.7. The van der Waals surface area contributed by atoms with Gasteiger partial charge >= 0.3 is 5.97 Å². The zero-order chi connectivity index (χ0) is 15.6. The number of aliphatic carboxylic acids is 1. The van der Waals surface area contributed by atoms with Gasteiger partial charge in [0, 0.05) is 16.7 Å². The number of hydrogen-bond acceptors (Lipinski definition) is 2. The third-order valence-electron chi connectivity index (χ3n) is 3.98. The van der Waals surface area contributed by atoms with Crippen molar-refractivity contribution in [1.29, 1.82) is 0 Å². The molecular formula is C15H17FINO3. The molecule has 1 aliphatic rings. The Morgan fingerprint density at radius 1 is 1.48 bits per heavy atom. The highest BCUT2D eigenvalue weighted by atomic mass is 127. The Hall–Kier alpha value is -1.18. The molecule has 0 radical (unpaired) electrons. The van der Waals surface area contributed by atoms with Gasteiger partial charge in [0.1, 0.15) is 5.82 Å². The summed E-state index contributed by atoms with van der Waals surface area (Å²) in [5.41, 5.74) is -0.412. The van der Waals surface area contributed by atoms with Crippen molar-refractivity contribution in [2.24, 2.45) is 5.41 Å². The highest BCUT2D eigenvalue weighted by Gasteiger charge is 2.45. The Morgan fingerprint density at radius 3 is 2.76 bits per heavy atom. The number of rotatable bonds is 4. The molecule has 114 valence electrons. The van der Waals surface area contributed by atoms with E-state index in [0.717, 1.165) is 6.42 Å². The summed E-state index contributed by atoms with van der Waals surface area (Å²) >= 11 is 1.92. The Labute approximate surface area is 136 Å². The summed E-state index contributed by atoms with van der Waals surface area (Å²) in [5, 5.41) is 9.47. The van der Waals surface area contributed by atoms with Crippen molar-refractivity contribution in [3.8, 4) is 0 Å². The maximum absolute atomic E-state index is 13.1. The van der Waals surface area contributed by atoms with E-state index in [1.54, 1.807) is 4.90 Å². The fraction of sp³-hybridized carbons (Fsp3) is 0.467. The van der Waals surface area contributed by atoms with Gasteiger partial charge in [-0.2, -0.15) is 0 Å². The van der Waals surface area contributed by atoms with Gasteiger partial charge in [-0.3, -0.25) is 9.59 Å². The molecule has 0 aliphatic carbocycles. The topological polar surface area (TPSA) is 57.6 Å². The van der Waals surface area contributed by atoms with E-state index in [-0.39, 0.29) is 18.3 Å². The molecule has 1 aromatic rings. The van der Waals surface area contributed by atoms with Gasteiger partial charge in [-0.15, -0.1) is 0 Å². The largest absolute Gasteiger partial charge is 0.481 e. The number of halogens is 2. The molecule has 1 saturated heterocycles. The zero-order valence-corrected chi connectivity index (χ0v) is 13.9. The maximum atomic E-state index is 13.1. The highest BCUT2D eigenvalue weighted by molar-refractivity contribution is 14.1. The maximum Gasteiger partial charge on any atom is 0.311 e. The van der Waals surface area contributed by atoms with E-state index < -0.39 is 11.4 Å². The van der Waals surface area contributed by atoms with Gasteiger partial charge in [0.05, 0.1) is 11.0 Å². The van der Waals surface area contributed by atoms with Crippen LogP contribution in [-0.4, -0.2) is 35.0 Å². The molecule has 1 atom stereocenters. The van der Waals surface area contributed by atoms with Gasteiger partial charge in [0.2, 0.25) is 0 Å². The number of carboxylic acid groups (broad SMARTS) is 1. The van der Waals surface area contributed by atoms with Crippen LogP contribution in [0.4, 0.5) is 4.39 Å². The molecule has 1 unspecified atom stereocenters. The number of hydrogen-bond donors (Lipinski definition) is 1. The molecule has 1 fully saturated rings. The van der Waals surface area contributed by atoms with Crippen molar-refractivity contribution >= 4 is 34.5 Å². The van der Waals surface area contributed by atoms with Gasteiger partial charge in [-0.05, 0) is 53.6 Å². The summed E-state index contributed by atoms with van der Waals surface area (Å²) in [7, 11) is 0. The van der Waals surface area contributed by atoms with Crippen molar-refractivity contribution in [1.82, 2.24) is 4.90 Å². The smallest absolute Gasteiger partial charge is 0.311 e. The van der Waals surface area contributed by atoms with Gasteiger partial charge in [0.15, 0.2) is 0 Å². The molecular weight excluding hydrogens is 388 g/mol. The van der Waals surface area contributed by atoms with E-state index in [1.165, 1.54) is 18.2 Å². The quantitative estimate of drug-likeness (QED) is 0.784. The Balaban J connectivity index is 2.20. The van der Waals surface area contributed by atoms with Crippen LogP contribution in [0.5, 0.6) is 0 Å². The van der Waals surface area contributed by atoms with Crippen molar-refractivity contribution in [3.05, 3.63) is 33.1 Å². The predicted molar refractivity (Wildman–Crippen MR) is 84.6 cm³/mol. The van der Waals surface area contributed by atoms with Gasteiger partial charge in [-0.25, -0.2) is 4.39 Å². The molecule has 0 saturated carbocycles. The van der Waals surface area contributed by atoms with E-state index in [2.05, 4.69) is 0 Å². The first kappa shape index (κ1) is 16.2. The lowest BCUT2D eigenvalue weighted by Crippen LogP contribution is -2.37. The van der Waals surface area contributed by atoms with Crippen LogP contribution < -0.4 is 0 Å². The molecule has 1 aromatic carbocycles. The molecule has 0 bridgehead atoms. The number of carbonyl (C=O) groups excluding carboxylic acids is 1. The molecule has 1 heterocycles. The molecule has 4 nitrogen and oxygen atoms in total. The average Bonchev–Trinajstić information content (AvgIpc) is 2.84. The van der Waals surface area contributed by atoms with E-state index >= 15 is 0 Å². The third kappa shape index (κ3) is 3.20. The average molecular weight is 405 g/mol. The Bertz CT molecular complexity index is 578.